The van der Waals surface area contributed by atoms with E-state index in [4.69, 9.17) is 0 Å². The molecule has 0 aromatic heterocycles. The lowest BCUT2D eigenvalue weighted by molar-refractivity contribution is -0.0596. The fourth-order valence-electron chi connectivity index (χ4n) is 2.27. The Morgan fingerprint density at radius 1 is 1.17 bits per heavy atom. The van der Waals surface area contributed by atoms with Gasteiger partial charge < -0.3 is 4.90 Å². The Morgan fingerprint density at radius 2 is 1.71 bits per heavy atom. The minimum Gasteiger partial charge on any atom is -0.338 e. The van der Waals surface area contributed by atoms with E-state index >= 15 is 0 Å². The van der Waals surface area contributed by atoms with Crippen LogP contribution >= 0.6 is 0 Å². The Bertz CT molecular complexity index is 682. The van der Waals surface area contributed by atoms with Crippen LogP contribution in [0.15, 0.2) is 30.3 Å². The number of hydrogen-bond acceptors (Lipinski definition) is 4. The monoisotopic (exact) mass is 369 g/mol. The molecule has 1 heterocycles. The number of likely N-dealkylation sites (tertiary alicyclic amines) is 1. The van der Waals surface area contributed by atoms with Crippen LogP contribution in [0.3, 0.4) is 0 Å². The maximum Gasteiger partial charge on any atom is 0.523 e. The van der Waals surface area contributed by atoms with E-state index in [1.165, 1.54) is 4.90 Å². The molecule has 1 fully saturated rings. The zero-order valence-corrected chi connectivity index (χ0v) is 13.2. The molecule has 10 heteroatoms. The molecule has 1 amide bonds. The van der Waals surface area contributed by atoms with Crippen LogP contribution in [-0.4, -0.2) is 50.1 Å². The molecule has 0 saturated carbocycles. The van der Waals surface area contributed by atoms with E-state index in [2.05, 4.69) is 4.18 Å². The van der Waals surface area contributed by atoms with Gasteiger partial charge in [-0.05, 0) is 12.1 Å². The molecule has 134 valence electrons. The highest BCUT2D eigenvalue weighted by Gasteiger charge is 2.49. The third-order valence-electron chi connectivity index (χ3n) is 3.72. The fraction of sp³-hybridized carbons (Fsp3) is 0.500. The highest BCUT2D eigenvalue weighted by molar-refractivity contribution is 7.87. The minimum atomic E-state index is -5.83. The van der Waals surface area contributed by atoms with Gasteiger partial charge in [-0.1, -0.05) is 18.2 Å². The Kier molecular flexibility index (Phi) is 5.19. The van der Waals surface area contributed by atoms with Crippen molar-refractivity contribution < 1.29 is 35.0 Å². The third-order valence-corrected chi connectivity index (χ3v) is 4.72. The molecule has 0 atom stereocenters. The topological polar surface area (TPSA) is 63.7 Å². The van der Waals surface area contributed by atoms with Gasteiger partial charge >= 0.3 is 15.6 Å². The number of nitrogens with zero attached hydrogens (tertiary/aromatic N) is 1. The van der Waals surface area contributed by atoms with Gasteiger partial charge in [0.25, 0.3) is 5.91 Å². The molecule has 1 aromatic rings. The van der Waals surface area contributed by atoms with Crippen molar-refractivity contribution in [3.05, 3.63) is 35.9 Å². The summed E-state index contributed by atoms with van der Waals surface area (Å²) in [5, 5.41) is 0. The Balaban J connectivity index is 1.93. The second-order valence-corrected chi connectivity index (χ2v) is 7.08. The first-order chi connectivity index (χ1) is 11.0. The van der Waals surface area contributed by atoms with Crippen LogP contribution in [0, 0.1) is 0 Å². The lowest BCUT2D eigenvalue weighted by atomic mass is 9.94. The Morgan fingerprint density at radius 3 is 2.21 bits per heavy atom. The standard InChI is InChI=1S/C14H15F4NO4S/c15-13(10-23-24(21,22)14(16,17)18)6-8-19(9-7-13)12(20)11-4-2-1-3-5-11/h1-5H,6-10H2. The maximum atomic E-state index is 14.4. The summed E-state index contributed by atoms with van der Waals surface area (Å²) in [5.74, 6) is -0.318. The molecular formula is C14H15F4NO4S. The minimum absolute atomic E-state index is 0.0420. The third kappa shape index (κ3) is 4.23. The first-order valence-corrected chi connectivity index (χ1v) is 8.44. The summed E-state index contributed by atoms with van der Waals surface area (Å²) in [6.45, 7) is -1.30. The molecule has 0 spiro atoms. The summed E-state index contributed by atoms with van der Waals surface area (Å²) in [6.07, 6.45) is -0.613. The molecule has 1 aliphatic rings. The number of benzene rings is 1. The predicted octanol–water partition coefficient (Wildman–Crippen LogP) is 2.50. The van der Waals surface area contributed by atoms with Crippen LogP contribution in [0.5, 0.6) is 0 Å². The zero-order valence-electron chi connectivity index (χ0n) is 12.4. The molecule has 0 radical (unpaired) electrons. The summed E-state index contributed by atoms with van der Waals surface area (Å²) in [6, 6.07) is 8.27. The number of halogens is 4. The molecule has 5 nitrogen and oxygen atoms in total. The molecule has 2 rings (SSSR count). The van der Waals surface area contributed by atoms with Crippen LogP contribution in [0.4, 0.5) is 17.6 Å². The van der Waals surface area contributed by atoms with Crippen molar-refractivity contribution in [3.8, 4) is 0 Å². The zero-order chi connectivity index (χ0) is 18.0. The number of amides is 1. The number of alkyl halides is 4. The van der Waals surface area contributed by atoms with E-state index in [0.29, 0.717) is 5.56 Å². The van der Waals surface area contributed by atoms with E-state index in [1.54, 1.807) is 30.3 Å². The van der Waals surface area contributed by atoms with Gasteiger partial charge in [0.05, 0.1) is 0 Å². The van der Waals surface area contributed by atoms with E-state index in [9.17, 15) is 30.8 Å². The van der Waals surface area contributed by atoms with Crippen LogP contribution in [0.2, 0.25) is 0 Å². The average Bonchev–Trinajstić information content (AvgIpc) is 2.53. The summed E-state index contributed by atoms with van der Waals surface area (Å²) in [4.78, 5) is 13.6. The highest BCUT2D eigenvalue weighted by Crippen LogP contribution is 2.31. The van der Waals surface area contributed by atoms with Gasteiger partial charge in [0, 0.05) is 31.5 Å². The van der Waals surface area contributed by atoms with Gasteiger partial charge in [-0.15, -0.1) is 0 Å². The largest absolute Gasteiger partial charge is 0.523 e. The van der Waals surface area contributed by atoms with E-state index in [-0.39, 0.29) is 31.8 Å². The van der Waals surface area contributed by atoms with Gasteiger partial charge in [0.15, 0.2) is 0 Å². The van der Waals surface area contributed by atoms with Crippen molar-refractivity contribution in [1.29, 1.82) is 0 Å². The molecule has 24 heavy (non-hydrogen) atoms. The summed E-state index contributed by atoms with van der Waals surface area (Å²) >= 11 is 0. The van der Waals surface area contributed by atoms with Crippen LogP contribution in [-0.2, 0) is 14.3 Å². The van der Waals surface area contributed by atoms with Crippen LogP contribution < -0.4 is 0 Å². The van der Waals surface area contributed by atoms with Crippen molar-refractivity contribution in [1.82, 2.24) is 4.90 Å². The van der Waals surface area contributed by atoms with Gasteiger partial charge in [0.2, 0.25) is 0 Å². The number of carbonyl (C=O) groups excluding carboxylic acids is 1. The second-order valence-electron chi connectivity index (χ2n) is 5.47. The van der Waals surface area contributed by atoms with E-state index < -0.39 is 27.9 Å². The van der Waals surface area contributed by atoms with Crippen molar-refractivity contribution in [2.45, 2.75) is 24.0 Å². The summed E-state index contributed by atoms with van der Waals surface area (Å²) in [5.41, 5.74) is -7.40. The van der Waals surface area contributed by atoms with Crippen LogP contribution in [0.1, 0.15) is 23.2 Å². The quantitative estimate of drug-likeness (QED) is 0.465. The Labute approximate surface area is 136 Å². The predicted molar refractivity (Wildman–Crippen MR) is 76.3 cm³/mol. The first kappa shape index (κ1) is 18.7. The Hall–Kier alpha value is -1.68. The molecule has 1 aromatic carbocycles. The molecule has 0 N–H and O–H groups in total. The van der Waals surface area contributed by atoms with Gasteiger partial charge in [-0.2, -0.15) is 21.6 Å². The van der Waals surface area contributed by atoms with E-state index in [0.717, 1.165) is 0 Å². The fourth-order valence-corrected chi connectivity index (χ4v) is 2.77. The average molecular weight is 369 g/mol. The molecule has 1 aliphatic heterocycles. The molecule has 1 saturated heterocycles. The normalized spacial score (nSPS) is 18.4. The number of hydrogen-bond donors (Lipinski definition) is 0. The lowest BCUT2D eigenvalue weighted by Gasteiger charge is -2.36. The molecule has 0 bridgehead atoms. The van der Waals surface area contributed by atoms with Gasteiger partial charge in [0.1, 0.15) is 12.3 Å². The van der Waals surface area contributed by atoms with Gasteiger partial charge in [-0.25, -0.2) is 4.39 Å². The SMILES string of the molecule is O=C(c1ccccc1)N1CCC(F)(COS(=O)(=O)C(F)(F)F)CC1. The number of carbonyl (C=O) groups is 1. The second kappa shape index (κ2) is 6.67. The van der Waals surface area contributed by atoms with Crippen LogP contribution in [0.25, 0.3) is 0 Å². The smallest absolute Gasteiger partial charge is 0.338 e. The van der Waals surface area contributed by atoms with Crippen molar-refractivity contribution in [3.63, 3.8) is 0 Å². The maximum absolute atomic E-state index is 14.4. The van der Waals surface area contributed by atoms with Crippen molar-refractivity contribution in [2.24, 2.45) is 0 Å². The molecule has 0 unspecified atom stereocenters. The summed E-state index contributed by atoms with van der Waals surface area (Å²) < 4.78 is 76.4. The number of piperidine rings is 1. The summed E-state index contributed by atoms with van der Waals surface area (Å²) in [7, 11) is -5.83. The first-order valence-electron chi connectivity index (χ1n) is 7.03. The molecule has 0 aliphatic carbocycles. The lowest BCUT2D eigenvalue weighted by Crippen LogP contribution is -2.47. The van der Waals surface area contributed by atoms with Crippen molar-refractivity contribution >= 4 is 16.0 Å². The van der Waals surface area contributed by atoms with Crippen molar-refractivity contribution in [2.75, 3.05) is 19.7 Å². The highest BCUT2D eigenvalue weighted by atomic mass is 32.2. The van der Waals surface area contributed by atoms with Gasteiger partial charge in [-0.3, -0.25) is 8.98 Å². The molecular weight excluding hydrogens is 354 g/mol. The number of rotatable bonds is 4. The van der Waals surface area contributed by atoms with E-state index in [1.807, 2.05) is 0 Å².